The number of aromatic amines is 1. The smallest absolute Gasteiger partial charge is 0.229 e. The molecule has 1 aliphatic carbocycles. The van der Waals surface area contributed by atoms with E-state index in [9.17, 15) is 0 Å². The lowest BCUT2D eigenvalue weighted by atomic mass is 10.2. The van der Waals surface area contributed by atoms with Crippen LogP contribution in [0.1, 0.15) is 30.0 Å². The molecule has 7 heteroatoms. The first kappa shape index (κ1) is 15.0. The summed E-state index contributed by atoms with van der Waals surface area (Å²) in [4.78, 5) is 8.69. The highest BCUT2D eigenvalue weighted by Gasteiger charge is 2.25. The number of H-pyrrole nitrogens is 1. The van der Waals surface area contributed by atoms with Crippen LogP contribution in [-0.4, -0.2) is 20.2 Å². The Morgan fingerprint density at radius 3 is 2.83 bits per heavy atom. The Balaban J connectivity index is 1.55. The summed E-state index contributed by atoms with van der Waals surface area (Å²) in [5.74, 6) is 2.33. The fraction of sp³-hybridized carbons (Fsp3) is 0.235. The number of benzene rings is 1. The minimum absolute atomic E-state index is 0.446. The Kier molecular flexibility index (Phi) is 3.82. The molecule has 0 saturated heterocycles. The van der Waals surface area contributed by atoms with Gasteiger partial charge in [-0.15, -0.1) is 0 Å². The van der Waals surface area contributed by atoms with Crippen molar-refractivity contribution >= 4 is 34.9 Å². The largest absolute Gasteiger partial charge is 0.324 e. The molecule has 122 valence electrons. The summed E-state index contributed by atoms with van der Waals surface area (Å²) in [5.41, 5.74) is 3.23. The van der Waals surface area contributed by atoms with Crippen LogP contribution in [0.2, 0.25) is 5.02 Å². The molecule has 0 amide bonds. The standard InChI is InChI=1S/C17H17ClN6/c1-10-4-2-3-5-13(10)20-17-19-9-12(18)16(22-17)21-15-8-14(23-24-15)11-6-7-11/h2-5,8-9,11H,6-7H2,1H3,(H3,19,20,21,22,23,24). The Morgan fingerprint density at radius 1 is 1.21 bits per heavy atom. The molecule has 0 spiro atoms. The van der Waals surface area contributed by atoms with Crippen LogP contribution in [-0.2, 0) is 0 Å². The van der Waals surface area contributed by atoms with E-state index >= 15 is 0 Å². The van der Waals surface area contributed by atoms with Crippen molar-refractivity contribution < 1.29 is 0 Å². The van der Waals surface area contributed by atoms with E-state index in [0.29, 0.717) is 28.5 Å². The molecule has 1 saturated carbocycles. The van der Waals surface area contributed by atoms with E-state index in [-0.39, 0.29) is 0 Å². The summed E-state index contributed by atoms with van der Waals surface area (Å²) in [6.07, 6.45) is 4.02. The van der Waals surface area contributed by atoms with Gasteiger partial charge in [0.25, 0.3) is 0 Å². The van der Waals surface area contributed by atoms with E-state index in [2.05, 4.69) is 30.8 Å². The first-order chi connectivity index (χ1) is 11.7. The predicted octanol–water partition coefficient (Wildman–Crippen LogP) is 4.53. The number of nitrogens with one attached hydrogen (secondary N) is 3. The van der Waals surface area contributed by atoms with Crippen LogP contribution in [0.5, 0.6) is 0 Å². The first-order valence-electron chi connectivity index (χ1n) is 7.86. The van der Waals surface area contributed by atoms with E-state index < -0.39 is 0 Å². The van der Waals surface area contributed by atoms with E-state index in [4.69, 9.17) is 11.6 Å². The van der Waals surface area contributed by atoms with Crippen LogP contribution < -0.4 is 10.6 Å². The number of halogens is 1. The lowest BCUT2D eigenvalue weighted by molar-refractivity contribution is 0.966. The van der Waals surface area contributed by atoms with Crippen LogP contribution in [0.15, 0.2) is 36.5 Å². The first-order valence-corrected chi connectivity index (χ1v) is 8.24. The topological polar surface area (TPSA) is 78.5 Å². The second-order valence-electron chi connectivity index (χ2n) is 5.94. The average molecular weight is 341 g/mol. The van der Waals surface area contributed by atoms with E-state index in [1.807, 2.05) is 37.3 Å². The fourth-order valence-electron chi connectivity index (χ4n) is 2.47. The Morgan fingerprint density at radius 2 is 2.04 bits per heavy atom. The van der Waals surface area contributed by atoms with E-state index in [1.165, 1.54) is 12.8 Å². The summed E-state index contributed by atoms with van der Waals surface area (Å²) < 4.78 is 0. The van der Waals surface area contributed by atoms with Crippen molar-refractivity contribution in [3.05, 3.63) is 52.8 Å². The highest BCUT2D eigenvalue weighted by atomic mass is 35.5. The number of para-hydroxylation sites is 1. The summed E-state index contributed by atoms with van der Waals surface area (Å²) in [6.45, 7) is 2.03. The zero-order valence-electron chi connectivity index (χ0n) is 13.2. The Labute approximate surface area is 144 Å². The average Bonchev–Trinajstić information content (AvgIpc) is 3.33. The third kappa shape index (κ3) is 3.19. The number of aromatic nitrogens is 4. The molecule has 2 heterocycles. The second kappa shape index (κ2) is 6.13. The van der Waals surface area contributed by atoms with Crippen LogP contribution >= 0.6 is 11.6 Å². The highest BCUT2D eigenvalue weighted by Crippen LogP contribution is 2.39. The molecule has 1 aromatic carbocycles. The quantitative estimate of drug-likeness (QED) is 0.636. The molecule has 1 aliphatic rings. The van der Waals surface area contributed by atoms with Crippen molar-refractivity contribution in [2.75, 3.05) is 10.6 Å². The van der Waals surface area contributed by atoms with Crippen molar-refractivity contribution in [2.24, 2.45) is 0 Å². The van der Waals surface area contributed by atoms with Crippen LogP contribution in [0, 0.1) is 6.92 Å². The third-order valence-electron chi connectivity index (χ3n) is 4.00. The zero-order valence-corrected chi connectivity index (χ0v) is 13.9. The number of hydrogen-bond donors (Lipinski definition) is 3. The molecule has 3 aromatic rings. The number of rotatable bonds is 5. The van der Waals surface area contributed by atoms with Crippen molar-refractivity contribution in [3.63, 3.8) is 0 Å². The van der Waals surface area contributed by atoms with Gasteiger partial charge in [0.15, 0.2) is 11.6 Å². The zero-order chi connectivity index (χ0) is 16.5. The molecule has 0 radical (unpaired) electrons. The van der Waals surface area contributed by atoms with Crippen LogP contribution in [0.4, 0.5) is 23.3 Å². The number of nitrogens with zero attached hydrogens (tertiary/aromatic N) is 3. The van der Waals surface area contributed by atoms with Crippen molar-refractivity contribution in [2.45, 2.75) is 25.7 Å². The fourth-order valence-corrected chi connectivity index (χ4v) is 2.61. The molecule has 0 atom stereocenters. The molecule has 2 aromatic heterocycles. The normalized spacial score (nSPS) is 13.8. The summed E-state index contributed by atoms with van der Waals surface area (Å²) in [5, 5.41) is 14.1. The van der Waals surface area contributed by atoms with E-state index in [0.717, 1.165) is 16.9 Å². The molecule has 24 heavy (non-hydrogen) atoms. The van der Waals surface area contributed by atoms with Crippen LogP contribution in [0.25, 0.3) is 0 Å². The maximum atomic E-state index is 6.21. The van der Waals surface area contributed by atoms with Gasteiger partial charge in [-0.2, -0.15) is 10.1 Å². The van der Waals surface area contributed by atoms with Crippen LogP contribution in [0.3, 0.4) is 0 Å². The highest BCUT2D eigenvalue weighted by molar-refractivity contribution is 6.32. The lowest BCUT2D eigenvalue weighted by Crippen LogP contribution is -2.02. The van der Waals surface area contributed by atoms with Gasteiger partial charge in [-0.25, -0.2) is 4.98 Å². The maximum absolute atomic E-state index is 6.21. The number of anilines is 4. The van der Waals surface area contributed by atoms with Gasteiger partial charge in [-0.3, -0.25) is 5.10 Å². The van der Waals surface area contributed by atoms with Crippen molar-refractivity contribution in [1.29, 1.82) is 0 Å². The van der Waals surface area contributed by atoms with E-state index in [1.54, 1.807) is 6.20 Å². The van der Waals surface area contributed by atoms with Gasteiger partial charge >= 0.3 is 0 Å². The summed E-state index contributed by atoms with van der Waals surface area (Å²) in [6, 6.07) is 9.97. The minimum Gasteiger partial charge on any atom is -0.324 e. The van der Waals surface area contributed by atoms with Crippen molar-refractivity contribution in [3.8, 4) is 0 Å². The Hall–Kier alpha value is -2.60. The number of hydrogen-bond acceptors (Lipinski definition) is 5. The molecule has 0 unspecified atom stereocenters. The predicted molar refractivity (Wildman–Crippen MR) is 95.3 cm³/mol. The molecule has 0 aliphatic heterocycles. The second-order valence-corrected chi connectivity index (χ2v) is 6.35. The maximum Gasteiger partial charge on any atom is 0.229 e. The molecule has 1 fully saturated rings. The monoisotopic (exact) mass is 340 g/mol. The molecular weight excluding hydrogens is 324 g/mol. The molecule has 6 nitrogen and oxygen atoms in total. The summed E-state index contributed by atoms with van der Waals surface area (Å²) >= 11 is 6.21. The van der Waals surface area contributed by atoms with Gasteiger partial charge in [0, 0.05) is 23.4 Å². The van der Waals surface area contributed by atoms with Gasteiger partial charge < -0.3 is 10.6 Å². The number of aryl methyl sites for hydroxylation is 1. The lowest BCUT2D eigenvalue weighted by Gasteiger charge is -2.10. The van der Waals surface area contributed by atoms with Crippen molar-refractivity contribution in [1.82, 2.24) is 20.2 Å². The van der Waals surface area contributed by atoms with Gasteiger partial charge in [-0.05, 0) is 31.4 Å². The van der Waals surface area contributed by atoms with Gasteiger partial charge in [0.2, 0.25) is 5.95 Å². The molecular formula is C17H17ClN6. The molecule has 0 bridgehead atoms. The van der Waals surface area contributed by atoms with Gasteiger partial charge in [-0.1, -0.05) is 29.8 Å². The molecule has 3 N–H and O–H groups in total. The van der Waals surface area contributed by atoms with Gasteiger partial charge in [0.05, 0.1) is 6.20 Å². The Bertz CT molecular complexity index is 871. The SMILES string of the molecule is Cc1ccccc1Nc1ncc(Cl)c(Nc2cc(C3CC3)[nH]n2)n1. The minimum atomic E-state index is 0.446. The van der Waals surface area contributed by atoms with Gasteiger partial charge in [0.1, 0.15) is 5.02 Å². The third-order valence-corrected chi connectivity index (χ3v) is 4.27. The summed E-state index contributed by atoms with van der Waals surface area (Å²) in [7, 11) is 0. The molecule has 4 rings (SSSR count).